The van der Waals surface area contributed by atoms with Gasteiger partial charge in [-0.1, -0.05) is 6.42 Å². The van der Waals surface area contributed by atoms with Crippen molar-refractivity contribution in [2.24, 2.45) is 0 Å². The standard InChI is InChI=1S/C15H27F3N2/c1-12(6-4-9-15(16,17)18)20-11-3-2-8-14(20)13-7-5-10-19-13/h12-14,19H,2-11H2,1H3. The topological polar surface area (TPSA) is 15.3 Å². The molecule has 3 atom stereocenters. The van der Waals surface area contributed by atoms with Gasteiger partial charge in [-0.25, -0.2) is 0 Å². The summed E-state index contributed by atoms with van der Waals surface area (Å²) in [5.41, 5.74) is 0. The molecule has 2 heterocycles. The lowest BCUT2D eigenvalue weighted by atomic mass is 9.92. The maximum Gasteiger partial charge on any atom is 0.389 e. The number of hydrogen-bond donors (Lipinski definition) is 1. The van der Waals surface area contributed by atoms with E-state index in [-0.39, 0.29) is 12.5 Å². The molecule has 0 aromatic rings. The number of hydrogen-bond acceptors (Lipinski definition) is 2. The Morgan fingerprint density at radius 3 is 2.65 bits per heavy atom. The van der Waals surface area contributed by atoms with Crippen LogP contribution in [0.4, 0.5) is 13.2 Å². The number of alkyl halides is 3. The predicted octanol–water partition coefficient (Wildman–Crippen LogP) is 3.71. The van der Waals surface area contributed by atoms with Crippen molar-refractivity contribution in [1.82, 2.24) is 10.2 Å². The van der Waals surface area contributed by atoms with Crippen LogP contribution < -0.4 is 5.32 Å². The van der Waals surface area contributed by atoms with Crippen LogP contribution in [0, 0.1) is 0 Å². The minimum absolute atomic E-state index is 0.256. The molecule has 3 unspecified atom stereocenters. The van der Waals surface area contributed by atoms with Crippen molar-refractivity contribution in [2.45, 2.75) is 82.6 Å². The highest BCUT2D eigenvalue weighted by molar-refractivity contribution is 4.92. The molecule has 2 nitrogen and oxygen atoms in total. The van der Waals surface area contributed by atoms with Gasteiger partial charge in [0.05, 0.1) is 0 Å². The van der Waals surface area contributed by atoms with E-state index in [4.69, 9.17) is 0 Å². The second kappa shape index (κ2) is 7.12. The molecule has 2 aliphatic rings. The number of rotatable bonds is 5. The molecule has 0 radical (unpaired) electrons. The van der Waals surface area contributed by atoms with E-state index in [1.165, 1.54) is 32.1 Å². The minimum atomic E-state index is -4.01. The van der Waals surface area contributed by atoms with Gasteiger partial charge in [0, 0.05) is 24.5 Å². The lowest BCUT2D eigenvalue weighted by Crippen LogP contribution is -2.53. The summed E-state index contributed by atoms with van der Waals surface area (Å²) < 4.78 is 36.7. The lowest BCUT2D eigenvalue weighted by Gasteiger charge is -2.43. The second-order valence-corrected chi connectivity index (χ2v) is 6.36. The zero-order valence-electron chi connectivity index (χ0n) is 12.4. The van der Waals surface area contributed by atoms with Crippen LogP contribution in [0.25, 0.3) is 0 Å². The largest absolute Gasteiger partial charge is 0.389 e. The first-order valence-electron chi connectivity index (χ1n) is 8.03. The fourth-order valence-corrected chi connectivity index (χ4v) is 3.76. The molecule has 0 aliphatic carbocycles. The molecule has 118 valence electrons. The quantitative estimate of drug-likeness (QED) is 0.831. The minimum Gasteiger partial charge on any atom is -0.312 e. The van der Waals surface area contributed by atoms with Gasteiger partial charge in [-0.3, -0.25) is 4.90 Å². The molecule has 20 heavy (non-hydrogen) atoms. The molecule has 5 heteroatoms. The van der Waals surface area contributed by atoms with Gasteiger partial charge >= 0.3 is 6.18 Å². The summed E-state index contributed by atoms with van der Waals surface area (Å²) in [7, 11) is 0. The van der Waals surface area contributed by atoms with E-state index in [9.17, 15) is 13.2 Å². The first-order valence-corrected chi connectivity index (χ1v) is 8.03. The summed E-state index contributed by atoms with van der Waals surface area (Å²) in [5, 5.41) is 3.57. The molecule has 2 aliphatic heterocycles. The van der Waals surface area contributed by atoms with Crippen LogP contribution in [0.2, 0.25) is 0 Å². The van der Waals surface area contributed by atoms with Gasteiger partial charge in [0.1, 0.15) is 0 Å². The zero-order valence-corrected chi connectivity index (χ0v) is 12.4. The molecular formula is C15H27F3N2. The van der Waals surface area contributed by atoms with Gasteiger partial charge in [0.15, 0.2) is 0 Å². The van der Waals surface area contributed by atoms with E-state index in [2.05, 4.69) is 17.1 Å². The van der Waals surface area contributed by atoms with Crippen molar-refractivity contribution in [3.05, 3.63) is 0 Å². The van der Waals surface area contributed by atoms with Crippen LogP contribution in [-0.4, -0.2) is 42.3 Å². The Bertz CT molecular complexity index is 287. The monoisotopic (exact) mass is 292 g/mol. The molecule has 1 N–H and O–H groups in total. The molecule has 2 fully saturated rings. The summed E-state index contributed by atoms with van der Waals surface area (Å²) in [6.45, 7) is 4.25. The van der Waals surface area contributed by atoms with Crippen LogP contribution in [0.5, 0.6) is 0 Å². The third kappa shape index (κ3) is 4.62. The van der Waals surface area contributed by atoms with Crippen LogP contribution in [0.3, 0.4) is 0 Å². The van der Waals surface area contributed by atoms with Gasteiger partial charge in [0.2, 0.25) is 0 Å². The Labute approximate surface area is 120 Å². The molecule has 0 aromatic carbocycles. The van der Waals surface area contributed by atoms with Gasteiger partial charge in [-0.2, -0.15) is 13.2 Å². The summed E-state index contributed by atoms with van der Waals surface area (Å²) >= 11 is 0. The van der Waals surface area contributed by atoms with Crippen molar-refractivity contribution >= 4 is 0 Å². The van der Waals surface area contributed by atoms with E-state index in [0.29, 0.717) is 18.5 Å². The third-order valence-corrected chi connectivity index (χ3v) is 4.80. The van der Waals surface area contributed by atoms with E-state index in [1.807, 2.05) is 0 Å². The van der Waals surface area contributed by atoms with E-state index in [1.54, 1.807) is 0 Å². The lowest BCUT2D eigenvalue weighted by molar-refractivity contribution is -0.136. The maximum atomic E-state index is 12.2. The van der Waals surface area contributed by atoms with Gasteiger partial charge < -0.3 is 5.32 Å². The average molecular weight is 292 g/mol. The molecule has 0 amide bonds. The number of halogens is 3. The average Bonchev–Trinajstić information content (AvgIpc) is 2.91. The van der Waals surface area contributed by atoms with E-state index >= 15 is 0 Å². The highest BCUT2D eigenvalue weighted by Gasteiger charge is 2.34. The Kier molecular flexibility index (Phi) is 5.73. The second-order valence-electron chi connectivity index (χ2n) is 6.36. The smallest absolute Gasteiger partial charge is 0.312 e. The Morgan fingerprint density at radius 1 is 1.20 bits per heavy atom. The molecular weight excluding hydrogens is 265 g/mol. The highest BCUT2D eigenvalue weighted by atomic mass is 19.4. The summed E-state index contributed by atoms with van der Waals surface area (Å²) in [6, 6.07) is 1.36. The highest BCUT2D eigenvalue weighted by Crippen LogP contribution is 2.29. The van der Waals surface area contributed by atoms with Crippen LogP contribution in [0.15, 0.2) is 0 Å². The SMILES string of the molecule is CC(CCCC(F)(F)F)N1CCCCC1C1CCCN1. The molecule has 0 bridgehead atoms. The maximum absolute atomic E-state index is 12.2. The third-order valence-electron chi connectivity index (χ3n) is 4.80. The van der Waals surface area contributed by atoms with Gasteiger partial charge in [-0.05, 0) is 58.5 Å². The summed E-state index contributed by atoms with van der Waals surface area (Å²) in [4.78, 5) is 2.48. The Balaban J connectivity index is 1.83. The van der Waals surface area contributed by atoms with Crippen LogP contribution in [-0.2, 0) is 0 Å². The van der Waals surface area contributed by atoms with Crippen molar-refractivity contribution < 1.29 is 13.2 Å². The van der Waals surface area contributed by atoms with Crippen LogP contribution >= 0.6 is 0 Å². The first-order chi connectivity index (χ1) is 9.47. The number of nitrogens with one attached hydrogen (secondary N) is 1. The normalized spacial score (nSPS) is 30.6. The predicted molar refractivity (Wildman–Crippen MR) is 74.7 cm³/mol. The summed E-state index contributed by atoms with van der Waals surface area (Å²) in [6.07, 6.45) is 2.36. The van der Waals surface area contributed by atoms with Crippen molar-refractivity contribution in [3.63, 3.8) is 0 Å². The zero-order chi connectivity index (χ0) is 14.6. The molecule has 0 spiro atoms. The van der Waals surface area contributed by atoms with Crippen LogP contribution in [0.1, 0.15) is 58.3 Å². The van der Waals surface area contributed by atoms with Gasteiger partial charge in [-0.15, -0.1) is 0 Å². The summed E-state index contributed by atoms with van der Waals surface area (Å²) in [5.74, 6) is 0. The van der Waals surface area contributed by atoms with E-state index in [0.717, 1.165) is 13.1 Å². The van der Waals surface area contributed by atoms with Gasteiger partial charge in [0.25, 0.3) is 0 Å². The fraction of sp³-hybridized carbons (Fsp3) is 1.00. The molecule has 2 rings (SSSR count). The molecule has 2 saturated heterocycles. The van der Waals surface area contributed by atoms with Crippen molar-refractivity contribution in [2.75, 3.05) is 13.1 Å². The first kappa shape index (κ1) is 16.1. The number of piperidine rings is 1. The number of nitrogens with zero attached hydrogens (tertiary/aromatic N) is 1. The Morgan fingerprint density at radius 2 is 2.00 bits per heavy atom. The fourth-order valence-electron chi connectivity index (χ4n) is 3.76. The van der Waals surface area contributed by atoms with Crippen molar-refractivity contribution in [1.29, 1.82) is 0 Å². The molecule has 0 saturated carbocycles. The van der Waals surface area contributed by atoms with Crippen molar-refractivity contribution in [3.8, 4) is 0 Å². The Hall–Kier alpha value is -0.290. The van der Waals surface area contributed by atoms with E-state index < -0.39 is 12.6 Å². The number of likely N-dealkylation sites (tertiary alicyclic amines) is 1. The molecule has 0 aromatic heterocycles.